The zero-order valence-corrected chi connectivity index (χ0v) is 13.9. The summed E-state index contributed by atoms with van der Waals surface area (Å²) >= 11 is 8.71. The Labute approximate surface area is 130 Å². The molecule has 2 unspecified atom stereocenters. The fourth-order valence-electron chi connectivity index (χ4n) is 3.12. The van der Waals surface area contributed by atoms with Gasteiger partial charge in [-0.2, -0.15) is 0 Å². The highest BCUT2D eigenvalue weighted by atomic mass is 79.9. The third-order valence-corrected chi connectivity index (χ3v) is 4.96. The fourth-order valence-corrected chi connectivity index (χ4v) is 3.75. The molecule has 1 N–H and O–H groups in total. The number of aromatic amines is 1. The predicted octanol–water partition coefficient (Wildman–Crippen LogP) is 4.50. The van der Waals surface area contributed by atoms with Crippen LogP contribution < -0.4 is 5.01 Å². The smallest absolute Gasteiger partial charge is 0.197 e. The van der Waals surface area contributed by atoms with E-state index in [0.29, 0.717) is 21.3 Å². The van der Waals surface area contributed by atoms with Gasteiger partial charge in [0.25, 0.3) is 0 Å². The van der Waals surface area contributed by atoms with Crippen molar-refractivity contribution in [3.63, 3.8) is 0 Å². The summed E-state index contributed by atoms with van der Waals surface area (Å²) in [6.45, 7) is 4.43. The lowest BCUT2D eigenvalue weighted by Gasteiger charge is -2.41. The molecule has 1 saturated heterocycles. The van der Waals surface area contributed by atoms with Gasteiger partial charge in [0.2, 0.25) is 0 Å². The molecule has 2 aromatic rings. The topological polar surface area (TPSA) is 24.0 Å². The van der Waals surface area contributed by atoms with Crippen LogP contribution in [0.2, 0.25) is 0 Å². The molecule has 2 atom stereocenters. The van der Waals surface area contributed by atoms with Crippen LogP contribution in [0.4, 0.5) is 4.39 Å². The number of halogens is 2. The number of hydrogen-bond donors (Lipinski definition) is 1. The number of benzene rings is 1. The van der Waals surface area contributed by atoms with Crippen molar-refractivity contribution in [2.45, 2.75) is 45.2 Å². The van der Waals surface area contributed by atoms with Crippen LogP contribution in [0.1, 0.15) is 33.1 Å². The van der Waals surface area contributed by atoms with Crippen molar-refractivity contribution < 1.29 is 4.39 Å². The van der Waals surface area contributed by atoms with Gasteiger partial charge >= 0.3 is 0 Å². The second-order valence-corrected chi connectivity index (χ2v) is 6.78. The van der Waals surface area contributed by atoms with E-state index in [1.165, 1.54) is 12.5 Å². The molecule has 1 aliphatic heterocycles. The molecule has 1 aromatic heterocycles. The SMILES string of the molecule is CC1CCCC(C)N1n1c(=S)[nH]c2cc(F)c(Br)cc21. The minimum Gasteiger partial charge on any atom is -0.329 e. The Kier molecular flexibility index (Phi) is 3.62. The van der Waals surface area contributed by atoms with E-state index in [4.69, 9.17) is 12.2 Å². The molecule has 6 heteroatoms. The first-order valence-electron chi connectivity index (χ1n) is 6.87. The summed E-state index contributed by atoms with van der Waals surface area (Å²) in [6.07, 6.45) is 3.55. The van der Waals surface area contributed by atoms with E-state index in [2.05, 4.69) is 39.8 Å². The van der Waals surface area contributed by atoms with E-state index < -0.39 is 0 Å². The molecule has 2 heterocycles. The maximum absolute atomic E-state index is 13.7. The van der Waals surface area contributed by atoms with Gasteiger partial charge in [-0.25, -0.2) is 9.07 Å². The third-order valence-electron chi connectivity index (χ3n) is 4.08. The second kappa shape index (κ2) is 5.15. The van der Waals surface area contributed by atoms with Gasteiger partial charge in [-0.3, -0.25) is 0 Å². The van der Waals surface area contributed by atoms with Crippen molar-refractivity contribution in [3.05, 3.63) is 27.2 Å². The van der Waals surface area contributed by atoms with E-state index in [9.17, 15) is 4.39 Å². The summed E-state index contributed by atoms with van der Waals surface area (Å²) < 4.78 is 16.8. The Morgan fingerprint density at radius 1 is 1.30 bits per heavy atom. The van der Waals surface area contributed by atoms with E-state index in [1.54, 1.807) is 6.07 Å². The van der Waals surface area contributed by atoms with Gasteiger partial charge in [-0.1, -0.05) is 0 Å². The number of imidazole rings is 1. The lowest BCUT2D eigenvalue weighted by Crippen LogP contribution is -2.51. The van der Waals surface area contributed by atoms with Crippen molar-refractivity contribution in [2.24, 2.45) is 0 Å². The lowest BCUT2D eigenvalue weighted by molar-refractivity contribution is 0.339. The highest BCUT2D eigenvalue weighted by Crippen LogP contribution is 2.27. The van der Waals surface area contributed by atoms with Gasteiger partial charge in [0.15, 0.2) is 4.77 Å². The minimum absolute atomic E-state index is 0.277. The Balaban J connectivity index is 2.22. The van der Waals surface area contributed by atoms with Crippen LogP contribution in [0.15, 0.2) is 16.6 Å². The summed E-state index contributed by atoms with van der Waals surface area (Å²) in [5, 5.41) is 2.31. The Morgan fingerprint density at radius 3 is 2.60 bits per heavy atom. The van der Waals surface area contributed by atoms with E-state index in [1.807, 2.05) is 4.68 Å². The molecule has 0 amide bonds. The molecule has 0 saturated carbocycles. The summed E-state index contributed by atoms with van der Waals surface area (Å²) in [4.78, 5) is 3.11. The number of fused-ring (bicyclic) bond motifs is 1. The van der Waals surface area contributed by atoms with Gasteiger partial charge in [0.05, 0.1) is 15.5 Å². The molecule has 20 heavy (non-hydrogen) atoms. The summed E-state index contributed by atoms with van der Waals surface area (Å²) in [5.74, 6) is -0.277. The van der Waals surface area contributed by atoms with Gasteiger partial charge in [0, 0.05) is 18.2 Å². The molecule has 0 bridgehead atoms. The molecule has 3 rings (SSSR count). The van der Waals surface area contributed by atoms with Crippen molar-refractivity contribution in [2.75, 3.05) is 5.01 Å². The Bertz CT molecular complexity index is 698. The zero-order valence-electron chi connectivity index (χ0n) is 11.5. The van der Waals surface area contributed by atoms with Gasteiger partial charge < -0.3 is 9.99 Å². The van der Waals surface area contributed by atoms with Crippen molar-refractivity contribution in [3.8, 4) is 0 Å². The van der Waals surface area contributed by atoms with Crippen LogP contribution in [0.3, 0.4) is 0 Å². The quantitative estimate of drug-likeness (QED) is 0.759. The number of H-pyrrole nitrogens is 1. The largest absolute Gasteiger partial charge is 0.329 e. The monoisotopic (exact) mass is 357 g/mol. The third kappa shape index (κ3) is 2.19. The van der Waals surface area contributed by atoms with Gasteiger partial charge in [0.1, 0.15) is 5.82 Å². The minimum atomic E-state index is -0.277. The van der Waals surface area contributed by atoms with Gasteiger partial charge in [-0.15, -0.1) is 0 Å². The van der Waals surface area contributed by atoms with E-state index >= 15 is 0 Å². The number of piperidine rings is 1. The zero-order chi connectivity index (χ0) is 14.4. The summed E-state index contributed by atoms with van der Waals surface area (Å²) in [6, 6.07) is 4.14. The average Bonchev–Trinajstić information content (AvgIpc) is 2.67. The maximum Gasteiger partial charge on any atom is 0.197 e. The van der Waals surface area contributed by atoms with Crippen molar-refractivity contribution >= 4 is 39.2 Å². The summed E-state index contributed by atoms with van der Waals surface area (Å²) in [7, 11) is 0. The molecule has 0 radical (unpaired) electrons. The lowest BCUT2D eigenvalue weighted by atomic mass is 10.00. The normalized spacial score (nSPS) is 23.5. The van der Waals surface area contributed by atoms with E-state index in [-0.39, 0.29) is 5.82 Å². The predicted molar refractivity (Wildman–Crippen MR) is 85.8 cm³/mol. The van der Waals surface area contributed by atoms with Crippen LogP contribution in [0, 0.1) is 10.6 Å². The molecular weight excluding hydrogens is 341 g/mol. The first kappa shape index (κ1) is 14.1. The first-order chi connectivity index (χ1) is 9.49. The highest BCUT2D eigenvalue weighted by molar-refractivity contribution is 9.10. The van der Waals surface area contributed by atoms with Crippen LogP contribution in [-0.2, 0) is 0 Å². The molecular formula is C14H17BrFN3S. The average molecular weight is 358 g/mol. The number of hydrogen-bond acceptors (Lipinski definition) is 2. The molecule has 3 nitrogen and oxygen atoms in total. The van der Waals surface area contributed by atoms with Crippen molar-refractivity contribution in [1.82, 2.24) is 9.66 Å². The number of rotatable bonds is 1. The molecule has 1 aliphatic rings. The Morgan fingerprint density at radius 2 is 1.95 bits per heavy atom. The van der Waals surface area contributed by atoms with E-state index in [0.717, 1.165) is 23.9 Å². The molecule has 0 spiro atoms. The first-order valence-corrected chi connectivity index (χ1v) is 8.07. The fraction of sp³-hybridized carbons (Fsp3) is 0.500. The standard InChI is InChI=1S/C14H17BrFN3S/c1-8-4-3-5-9(2)18(8)19-13-6-10(15)11(16)7-12(13)17-14(19)20/h6-9H,3-5H2,1-2H3,(H,17,20). The second-order valence-electron chi connectivity index (χ2n) is 5.53. The molecule has 1 fully saturated rings. The van der Waals surface area contributed by atoms with Crippen LogP contribution in [0.5, 0.6) is 0 Å². The van der Waals surface area contributed by atoms with Crippen LogP contribution >= 0.6 is 28.1 Å². The molecule has 1 aromatic carbocycles. The van der Waals surface area contributed by atoms with Gasteiger partial charge in [-0.05, 0) is 67.3 Å². The Hall–Kier alpha value is -0.880. The number of aromatic nitrogens is 2. The highest BCUT2D eigenvalue weighted by Gasteiger charge is 2.27. The number of nitrogens with one attached hydrogen (secondary N) is 1. The molecule has 0 aliphatic carbocycles. The van der Waals surface area contributed by atoms with Crippen LogP contribution in [-0.4, -0.2) is 21.7 Å². The van der Waals surface area contributed by atoms with Crippen molar-refractivity contribution in [1.29, 1.82) is 0 Å². The maximum atomic E-state index is 13.7. The molecule has 108 valence electrons. The summed E-state index contributed by atoms with van der Waals surface area (Å²) in [5.41, 5.74) is 1.66. The number of nitrogens with zero attached hydrogens (tertiary/aromatic N) is 2. The van der Waals surface area contributed by atoms with Crippen LogP contribution in [0.25, 0.3) is 11.0 Å².